The molecule has 18 heavy (non-hydrogen) atoms. The molecule has 0 aliphatic heterocycles. The van der Waals surface area contributed by atoms with Crippen LogP contribution < -0.4 is 5.32 Å². The van der Waals surface area contributed by atoms with Crippen LogP contribution in [0, 0.1) is 0 Å². The zero-order chi connectivity index (χ0) is 13.0. The summed E-state index contributed by atoms with van der Waals surface area (Å²) >= 11 is 3.51. The van der Waals surface area contributed by atoms with E-state index in [1.54, 1.807) is 0 Å². The van der Waals surface area contributed by atoms with Crippen molar-refractivity contribution in [1.82, 2.24) is 9.78 Å². The van der Waals surface area contributed by atoms with Crippen LogP contribution in [0.2, 0.25) is 0 Å². The lowest BCUT2D eigenvalue weighted by Crippen LogP contribution is -2.09. The molecule has 4 heteroatoms. The monoisotopic (exact) mass is 307 g/mol. The number of hydrogen-bond donors (Lipinski definition) is 1. The van der Waals surface area contributed by atoms with Crippen molar-refractivity contribution in [1.29, 1.82) is 0 Å². The summed E-state index contributed by atoms with van der Waals surface area (Å²) in [5.41, 5.74) is 3.81. The smallest absolute Gasteiger partial charge is 0.0492 e. The van der Waals surface area contributed by atoms with Crippen LogP contribution in [0.25, 0.3) is 0 Å². The molecule has 0 aliphatic carbocycles. The van der Waals surface area contributed by atoms with Crippen molar-refractivity contribution in [2.24, 2.45) is 7.05 Å². The lowest BCUT2D eigenvalue weighted by atomic mass is 10.1. The summed E-state index contributed by atoms with van der Waals surface area (Å²) in [6.07, 6.45) is 3.86. The van der Waals surface area contributed by atoms with Crippen molar-refractivity contribution in [3.05, 3.63) is 46.2 Å². The van der Waals surface area contributed by atoms with Gasteiger partial charge in [0.15, 0.2) is 0 Å². The first kappa shape index (κ1) is 13.1. The highest BCUT2D eigenvalue weighted by Crippen LogP contribution is 2.21. The van der Waals surface area contributed by atoms with Crippen LogP contribution in [-0.2, 0) is 19.9 Å². The van der Waals surface area contributed by atoms with Crippen molar-refractivity contribution in [3.63, 3.8) is 0 Å². The van der Waals surface area contributed by atoms with Crippen LogP contribution in [0.4, 0.5) is 5.69 Å². The Bertz CT molecular complexity index is 520. The Balaban J connectivity index is 1.96. The van der Waals surface area contributed by atoms with Gasteiger partial charge in [-0.1, -0.05) is 22.9 Å². The molecule has 0 aliphatic rings. The minimum atomic E-state index is 0.925. The van der Waals surface area contributed by atoms with Gasteiger partial charge in [0.05, 0.1) is 0 Å². The Morgan fingerprint density at radius 3 is 2.83 bits per heavy atom. The molecule has 0 saturated heterocycles. The Kier molecular flexibility index (Phi) is 4.42. The average Bonchev–Trinajstić information content (AvgIpc) is 2.77. The maximum atomic E-state index is 4.17. The molecule has 1 heterocycles. The zero-order valence-corrected chi connectivity index (χ0v) is 12.4. The summed E-state index contributed by atoms with van der Waals surface area (Å²) in [4.78, 5) is 0. The molecule has 0 radical (unpaired) electrons. The van der Waals surface area contributed by atoms with E-state index in [1.165, 1.54) is 16.9 Å². The second-order valence-electron chi connectivity index (χ2n) is 4.28. The number of aromatic nitrogens is 2. The number of nitrogens with zero attached hydrogens (tertiary/aromatic N) is 2. The highest BCUT2D eigenvalue weighted by Gasteiger charge is 2.02. The molecule has 0 spiro atoms. The van der Waals surface area contributed by atoms with Gasteiger partial charge < -0.3 is 5.32 Å². The quantitative estimate of drug-likeness (QED) is 0.917. The molecule has 0 saturated carbocycles. The predicted octanol–water partition coefficient (Wildman–Crippen LogP) is 3.40. The Morgan fingerprint density at radius 1 is 1.33 bits per heavy atom. The normalized spacial score (nSPS) is 10.6. The summed E-state index contributed by atoms with van der Waals surface area (Å²) in [5.74, 6) is 0. The largest absolute Gasteiger partial charge is 0.384 e. The summed E-state index contributed by atoms with van der Waals surface area (Å²) < 4.78 is 3.06. The summed E-state index contributed by atoms with van der Waals surface area (Å²) in [7, 11) is 1.98. The second kappa shape index (κ2) is 6.05. The fraction of sp³-hybridized carbons (Fsp3) is 0.357. The van der Waals surface area contributed by atoms with Gasteiger partial charge in [0, 0.05) is 42.1 Å². The molecule has 3 nitrogen and oxygen atoms in total. The molecule has 96 valence electrons. The van der Waals surface area contributed by atoms with Gasteiger partial charge in [-0.2, -0.15) is 5.10 Å². The van der Waals surface area contributed by atoms with Crippen LogP contribution >= 0.6 is 15.9 Å². The maximum Gasteiger partial charge on any atom is 0.0492 e. The van der Waals surface area contributed by atoms with Gasteiger partial charge in [0.2, 0.25) is 0 Å². The lowest BCUT2D eigenvalue weighted by molar-refractivity contribution is 0.711. The number of nitrogens with one attached hydrogen (secondary N) is 1. The first-order valence-corrected chi connectivity index (χ1v) is 6.99. The van der Waals surface area contributed by atoms with E-state index in [1.807, 2.05) is 17.9 Å². The minimum Gasteiger partial charge on any atom is -0.384 e. The highest BCUT2D eigenvalue weighted by molar-refractivity contribution is 9.10. The zero-order valence-electron chi connectivity index (χ0n) is 10.8. The number of hydrogen-bond acceptors (Lipinski definition) is 2. The Labute approximate surface area is 116 Å². The third kappa shape index (κ3) is 3.13. The van der Waals surface area contributed by atoms with Crippen LogP contribution in [-0.4, -0.2) is 16.3 Å². The number of halogens is 1. The minimum absolute atomic E-state index is 0.925. The van der Waals surface area contributed by atoms with Crippen molar-refractivity contribution >= 4 is 21.6 Å². The SMILES string of the molecule is CCc1cc(Br)ccc1NCCc1ccnn1C. The third-order valence-electron chi connectivity index (χ3n) is 3.07. The van der Waals surface area contributed by atoms with Gasteiger partial charge in [-0.05, 0) is 36.2 Å². The van der Waals surface area contributed by atoms with Gasteiger partial charge in [0.25, 0.3) is 0 Å². The molecule has 2 rings (SSSR count). The van der Waals surface area contributed by atoms with E-state index in [9.17, 15) is 0 Å². The average molecular weight is 308 g/mol. The first-order chi connectivity index (χ1) is 8.70. The van der Waals surface area contributed by atoms with Crippen LogP contribution in [0.1, 0.15) is 18.2 Å². The second-order valence-corrected chi connectivity index (χ2v) is 5.19. The molecule has 0 fully saturated rings. The van der Waals surface area contributed by atoms with Crippen LogP contribution in [0.3, 0.4) is 0 Å². The van der Waals surface area contributed by atoms with E-state index >= 15 is 0 Å². The van der Waals surface area contributed by atoms with Crippen LogP contribution in [0.5, 0.6) is 0 Å². The van der Waals surface area contributed by atoms with E-state index in [0.29, 0.717) is 0 Å². The fourth-order valence-corrected chi connectivity index (χ4v) is 2.41. The summed E-state index contributed by atoms with van der Waals surface area (Å²) in [6, 6.07) is 8.44. The topological polar surface area (TPSA) is 29.9 Å². The molecule has 0 bridgehead atoms. The molecule has 1 aromatic carbocycles. The molecule has 1 aromatic heterocycles. The third-order valence-corrected chi connectivity index (χ3v) is 3.56. The van der Waals surface area contributed by atoms with Crippen molar-refractivity contribution in [2.45, 2.75) is 19.8 Å². The molecular formula is C14H18BrN3. The predicted molar refractivity (Wildman–Crippen MR) is 78.9 cm³/mol. The molecular weight excluding hydrogens is 290 g/mol. The number of anilines is 1. The van der Waals surface area contributed by atoms with Crippen molar-refractivity contribution in [2.75, 3.05) is 11.9 Å². The van der Waals surface area contributed by atoms with E-state index in [4.69, 9.17) is 0 Å². The van der Waals surface area contributed by atoms with E-state index < -0.39 is 0 Å². The standard InChI is InChI=1S/C14H18BrN3/c1-3-11-10-12(15)4-5-14(11)16-8-6-13-7-9-17-18(13)2/h4-5,7,9-10,16H,3,6,8H2,1-2H3. The van der Waals surface area contributed by atoms with Crippen LogP contribution in [0.15, 0.2) is 34.9 Å². The van der Waals surface area contributed by atoms with Gasteiger partial charge in [0.1, 0.15) is 0 Å². The Hall–Kier alpha value is -1.29. The van der Waals surface area contributed by atoms with Gasteiger partial charge in [-0.3, -0.25) is 4.68 Å². The number of rotatable bonds is 5. The molecule has 0 atom stereocenters. The molecule has 2 aromatic rings. The van der Waals surface area contributed by atoms with E-state index in [0.717, 1.165) is 23.9 Å². The molecule has 1 N–H and O–H groups in total. The first-order valence-electron chi connectivity index (χ1n) is 6.20. The summed E-state index contributed by atoms with van der Waals surface area (Å²) in [5, 5.41) is 7.67. The van der Waals surface area contributed by atoms with Gasteiger partial charge in [-0.15, -0.1) is 0 Å². The fourth-order valence-electron chi connectivity index (χ4n) is 2.00. The molecule has 0 amide bonds. The van der Waals surface area contributed by atoms with Gasteiger partial charge in [-0.25, -0.2) is 0 Å². The van der Waals surface area contributed by atoms with E-state index in [-0.39, 0.29) is 0 Å². The summed E-state index contributed by atoms with van der Waals surface area (Å²) in [6.45, 7) is 3.10. The highest BCUT2D eigenvalue weighted by atomic mass is 79.9. The Morgan fingerprint density at radius 2 is 2.17 bits per heavy atom. The van der Waals surface area contributed by atoms with Gasteiger partial charge >= 0.3 is 0 Å². The van der Waals surface area contributed by atoms with Crippen molar-refractivity contribution in [3.8, 4) is 0 Å². The maximum absolute atomic E-state index is 4.17. The lowest BCUT2D eigenvalue weighted by Gasteiger charge is -2.11. The van der Waals surface area contributed by atoms with E-state index in [2.05, 4.69) is 57.5 Å². The number of benzene rings is 1. The molecule has 0 unspecified atom stereocenters. The number of aryl methyl sites for hydroxylation is 2. The van der Waals surface area contributed by atoms with Crippen molar-refractivity contribution < 1.29 is 0 Å².